The maximum Gasteiger partial charge on any atom is 0.225 e. The minimum absolute atomic E-state index is 0.0865. The first-order valence-corrected chi connectivity index (χ1v) is 7.53. The molecule has 2 aromatic rings. The molecule has 0 fully saturated rings. The number of hydrogen-bond donors (Lipinski definition) is 1. The second-order valence-electron chi connectivity index (χ2n) is 4.63. The summed E-state index contributed by atoms with van der Waals surface area (Å²) in [5.74, 6) is 1.88. The molecule has 1 aromatic heterocycles. The van der Waals surface area contributed by atoms with E-state index >= 15 is 0 Å². The third-order valence-corrected chi connectivity index (χ3v) is 3.52. The number of rotatable bonds is 6. The maximum absolute atomic E-state index is 12.0. The first kappa shape index (κ1) is 16.3. The van der Waals surface area contributed by atoms with Gasteiger partial charge in [0.1, 0.15) is 17.3 Å². The number of carbonyl (C=O) groups is 1. The van der Waals surface area contributed by atoms with E-state index in [1.54, 1.807) is 32.5 Å². The number of anilines is 1. The van der Waals surface area contributed by atoms with E-state index in [0.717, 1.165) is 10.0 Å². The van der Waals surface area contributed by atoms with Crippen molar-refractivity contribution >= 4 is 27.7 Å². The molecule has 0 radical (unpaired) electrons. The molecule has 1 N–H and O–H groups in total. The molecule has 116 valence electrons. The molecule has 0 spiro atoms. The molecule has 0 unspecified atom stereocenters. The van der Waals surface area contributed by atoms with E-state index in [0.29, 0.717) is 30.2 Å². The zero-order valence-corrected chi connectivity index (χ0v) is 14.0. The van der Waals surface area contributed by atoms with E-state index in [9.17, 15) is 4.79 Å². The Morgan fingerprint density at radius 3 is 2.41 bits per heavy atom. The van der Waals surface area contributed by atoms with Gasteiger partial charge >= 0.3 is 0 Å². The van der Waals surface area contributed by atoms with Crippen molar-refractivity contribution in [2.75, 3.05) is 19.5 Å². The van der Waals surface area contributed by atoms with Crippen molar-refractivity contribution in [3.05, 3.63) is 46.6 Å². The Kier molecular flexibility index (Phi) is 5.77. The normalized spacial score (nSPS) is 10.1. The fourth-order valence-electron chi connectivity index (χ4n) is 1.92. The number of halogens is 1. The van der Waals surface area contributed by atoms with Gasteiger partial charge in [-0.3, -0.25) is 4.79 Å². The minimum Gasteiger partial charge on any atom is -0.497 e. The second kappa shape index (κ2) is 7.79. The van der Waals surface area contributed by atoms with E-state index in [2.05, 4.69) is 26.2 Å². The highest BCUT2D eigenvalue weighted by molar-refractivity contribution is 9.10. The van der Waals surface area contributed by atoms with Gasteiger partial charge in [0.2, 0.25) is 5.91 Å². The first-order chi connectivity index (χ1) is 10.6. The van der Waals surface area contributed by atoms with Crippen LogP contribution in [0.15, 0.2) is 41.0 Å². The van der Waals surface area contributed by atoms with Gasteiger partial charge in [0.15, 0.2) is 0 Å². The van der Waals surface area contributed by atoms with Crippen molar-refractivity contribution in [1.29, 1.82) is 0 Å². The Morgan fingerprint density at radius 1 is 1.18 bits per heavy atom. The number of nitrogens with one attached hydrogen (secondary N) is 1. The molecule has 0 aliphatic carbocycles. The van der Waals surface area contributed by atoms with Gasteiger partial charge in [-0.25, -0.2) is 4.98 Å². The summed E-state index contributed by atoms with van der Waals surface area (Å²) in [6.45, 7) is 0. The van der Waals surface area contributed by atoms with Crippen molar-refractivity contribution in [2.45, 2.75) is 12.8 Å². The smallest absolute Gasteiger partial charge is 0.225 e. The van der Waals surface area contributed by atoms with Crippen molar-refractivity contribution in [3.8, 4) is 11.5 Å². The van der Waals surface area contributed by atoms with Crippen molar-refractivity contribution in [2.24, 2.45) is 0 Å². The van der Waals surface area contributed by atoms with Gasteiger partial charge in [-0.1, -0.05) is 0 Å². The molecule has 0 bridgehead atoms. The summed E-state index contributed by atoms with van der Waals surface area (Å²) in [4.78, 5) is 16.1. The van der Waals surface area contributed by atoms with Gasteiger partial charge < -0.3 is 14.8 Å². The molecule has 1 amide bonds. The van der Waals surface area contributed by atoms with Crippen LogP contribution in [0.5, 0.6) is 11.5 Å². The number of aromatic nitrogens is 1. The number of aryl methyl sites for hydroxylation is 1. The lowest BCUT2D eigenvalue weighted by atomic mass is 10.1. The number of methoxy groups -OCH3 is 2. The highest BCUT2D eigenvalue weighted by atomic mass is 79.9. The molecule has 0 aliphatic heterocycles. The van der Waals surface area contributed by atoms with E-state index < -0.39 is 0 Å². The number of nitrogens with zero attached hydrogens (tertiary/aromatic N) is 1. The predicted molar refractivity (Wildman–Crippen MR) is 88.4 cm³/mol. The molecule has 5 nitrogen and oxygen atoms in total. The lowest BCUT2D eigenvalue weighted by Gasteiger charge is -2.08. The van der Waals surface area contributed by atoms with Gasteiger partial charge in [-0.05, 0) is 52.2 Å². The zero-order valence-electron chi connectivity index (χ0n) is 12.4. The van der Waals surface area contributed by atoms with Crippen LogP contribution in [0.2, 0.25) is 0 Å². The van der Waals surface area contributed by atoms with Crippen LogP contribution in [0.25, 0.3) is 0 Å². The standard InChI is InChI=1S/C16H17BrN2O3/c1-21-13-7-11(8-14(9-13)22-2)3-6-16(20)19-15-5-4-12(17)10-18-15/h4-5,7-10H,3,6H2,1-2H3,(H,18,19,20). The van der Waals surface area contributed by atoms with Crippen LogP contribution in [0.4, 0.5) is 5.82 Å². The molecule has 0 atom stereocenters. The molecule has 0 aliphatic rings. The van der Waals surface area contributed by atoms with E-state index in [1.165, 1.54) is 0 Å². The highest BCUT2D eigenvalue weighted by Gasteiger charge is 2.07. The van der Waals surface area contributed by atoms with Crippen molar-refractivity contribution < 1.29 is 14.3 Å². The summed E-state index contributed by atoms with van der Waals surface area (Å²) in [7, 11) is 3.20. The number of benzene rings is 1. The lowest BCUT2D eigenvalue weighted by molar-refractivity contribution is -0.116. The molecule has 6 heteroatoms. The molecule has 0 saturated carbocycles. The van der Waals surface area contributed by atoms with Crippen LogP contribution in [0.1, 0.15) is 12.0 Å². The van der Waals surface area contributed by atoms with E-state index in [4.69, 9.17) is 9.47 Å². The third-order valence-electron chi connectivity index (χ3n) is 3.05. The Balaban J connectivity index is 1.94. The number of hydrogen-bond acceptors (Lipinski definition) is 4. The summed E-state index contributed by atoms with van der Waals surface area (Å²) >= 11 is 3.30. The highest BCUT2D eigenvalue weighted by Crippen LogP contribution is 2.23. The van der Waals surface area contributed by atoms with Crippen LogP contribution in [-0.4, -0.2) is 25.1 Å². The molecule has 1 aromatic carbocycles. The summed E-state index contributed by atoms with van der Waals surface area (Å²) in [6, 6.07) is 9.17. The van der Waals surface area contributed by atoms with Crippen molar-refractivity contribution in [1.82, 2.24) is 4.98 Å². The van der Waals surface area contributed by atoms with E-state index in [-0.39, 0.29) is 5.91 Å². The van der Waals surface area contributed by atoms with Gasteiger partial charge in [-0.2, -0.15) is 0 Å². The summed E-state index contributed by atoms with van der Waals surface area (Å²) in [5.41, 5.74) is 0.982. The molecular formula is C16H17BrN2O3. The van der Waals surface area contributed by atoms with Crippen LogP contribution in [0, 0.1) is 0 Å². The van der Waals surface area contributed by atoms with Crippen LogP contribution in [-0.2, 0) is 11.2 Å². The quantitative estimate of drug-likeness (QED) is 0.852. The third kappa shape index (κ3) is 4.73. The van der Waals surface area contributed by atoms with Crippen LogP contribution in [0.3, 0.4) is 0 Å². The summed E-state index contributed by atoms with van der Waals surface area (Å²) in [5, 5.41) is 2.76. The average Bonchev–Trinajstić information content (AvgIpc) is 2.54. The van der Waals surface area contributed by atoms with Gasteiger partial charge in [-0.15, -0.1) is 0 Å². The topological polar surface area (TPSA) is 60.5 Å². The maximum atomic E-state index is 12.0. The lowest BCUT2D eigenvalue weighted by Crippen LogP contribution is -2.13. The fraction of sp³-hybridized carbons (Fsp3) is 0.250. The minimum atomic E-state index is -0.0865. The SMILES string of the molecule is COc1cc(CCC(=O)Nc2ccc(Br)cn2)cc(OC)c1. The van der Waals surface area contributed by atoms with Crippen LogP contribution >= 0.6 is 15.9 Å². The van der Waals surface area contributed by atoms with Gasteiger partial charge in [0.25, 0.3) is 0 Å². The average molecular weight is 365 g/mol. The van der Waals surface area contributed by atoms with Gasteiger partial charge in [0, 0.05) is 23.2 Å². The zero-order chi connectivity index (χ0) is 15.9. The Labute approximate surface area is 137 Å². The molecule has 22 heavy (non-hydrogen) atoms. The Morgan fingerprint density at radius 2 is 1.86 bits per heavy atom. The molecule has 0 saturated heterocycles. The summed E-state index contributed by atoms with van der Waals surface area (Å²) < 4.78 is 11.3. The summed E-state index contributed by atoms with van der Waals surface area (Å²) in [6.07, 6.45) is 2.59. The number of carbonyl (C=O) groups excluding carboxylic acids is 1. The van der Waals surface area contributed by atoms with Gasteiger partial charge in [0.05, 0.1) is 14.2 Å². The van der Waals surface area contributed by atoms with Crippen LogP contribution < -0.4 is 14.8 Å². The molecule has 2 rings (SSSR count). The number of ether oxygens (including phenoxy) is 2. The second-order valence-corrected chi connectivity index (χ2v) is 5.55. The molecule has 1 heterocycles. The largest absolute Gasteiger partial charge is 0.497 e. The van der Waals surface area contributed by atoms with E-state index in [1.807, 2.05) is 18.2 Å². The predicted octanol–water partition coefficient (Wildman–Crippen LogP) is 3.43. The monoisotopic (exact) mass is 364 g/mol. The number of amides is 1. The Hall–Kier alpha value is -2.08. The molecular weight excluding hydrogens is 348 g/mol. The number of pyridine rings is 1. The fourth-order valence-corrected chi connectivity index (χ4v) is 2.16. The first-order valence-electron chi connectivity index (χ1n) is 6.74. The van der Waals surface area contributed by atoms with Crippen molar-refractivity contribution in [3.63, 3.8) is 0 Å². The Bertz CT molecular complexity index is 622.